The molecule has 1 aliphatic rings. The Bertz CT molecular complexity index is 1110. The topological polar surface area (TPSA) is 56.3 Å². The quantitative estimate of drug-likeness (QED) is 0.576. The van der Waals surface area contributed by atoms with Gasteiger partial charge >= 0.3 is 6.36 Å². The number of hydrogen-bond acceptors (Lipinski definition) is 4. The molecule has 0 amide bonds. The standard InChI is InChI=1S/C21H20F6N4O/c1-11(12-2-4-13(5-3-12)32-21(25,26)27)31-19-9-16(24)15(23)8-18(19)29-20(31)30-7-6-14(22)17(28)10-30/h2-5,8-9,11,14,17H,6-7,10,28H2,1H3/t11-,14-,17-/m1/s1. The van der Waals surface area contributed by atoms with Gasteiger partial charge in [-0.25, -0.2) is 18.2 Å². The van der Waals surface area contributed by atoms with Crippen LogP contribution in [0.1, 0.15) is 24.9 Å². The van der Waals surface area contributed by atoms with Crippen molar-refractivity contribution in [2.75, 3.05) is 18.0 Å². The molecule has 1 aliphatic heterocycles. The molecule has 11 heteroatoms. The predicted molar refractivity (Wildman–Crippen MR) is 106 cm³/mol. The largest absolute Gasteiger partial charge is 0.573 e. The summed E-state index contributed by atoms with van der Waals surface area (Å²) >= 11 is 0. The lowest BCUT2D eigenvalue weighted by Crippen LogP contribution is -2.50. The average molecular weight is 458 g/mol. The molecule has 0 aliphatic carbocycles. The second-order valence-corrected chi connectivity index (χ2v) is 7.74. The third-order valence-electron chi connectivity index (χ3n) is 5.55. The van der Waals surface area contributed by atoms with Gasteiger partial charge in [0.15, 0.2) is 11.6 Å². The summed E-state index contributed by atoms with van der Waals surface area (Å²) in [5.74, 6) is -2.16. The molecule has 1 fully saturated rings. The van der Waals surface area contributed by atoms with E-state index in [1.807, 2.05) is 0 Å². The Labute approximate surface area is 179 Å². The van der Waals surface area contributed by atoms with E-state index in [0.29, 0.717) is 18.1 Å². The van der Waals surface area contributed by atoms with Crippen molar-refractivity contribution in [3.8, 4) is 5.75 Å². The molecule has 3 atom stereocenters. The van der Waals surface area contributed by atoms with Gasteiger partial charge in [0.1, 0.15) is 11.9 Å². The van der Waals surface area contributed by atoms with Crippen molar-refractivity contribution in [3.05, 3.63) is 53.6 Å². The number of ether oxygens (including phenoxy) is 1. The van der Waals surface area contributed by atoms with Gasteiger partial charge in [0.05, 0.1) is 23.1 Å². The zero-order valence-electron chi connectivity index (χ0n) is 16.9. The van der Waals surface area contributed by atoms with Gasteiger partial charge in [-0.3, -0.25) is 0 Å². The average Bonchev–Trinajstić information content (AvgIpc) is 3.07. The summed E-state index contributed by atoms with van der Waals surface area (Å²) in [4.78, 5) is 6.19. The molecule has 1 aromatic heterocycles. The Morgan fingerprint density at radius 3 is 2.41 bits per heavy atom. The highest BCUT2D eigenvalue weighted by molar-refractivity contribution is 5.79. The minimum atomic E-state index is -4.82. The van der Waals surface area contributed by atoms with Gasteiger partial charge in [0, 0.05) is 25.2 Å². The van der Waals surface area contributed by atoms with Crippen LogP contribution in [0.5, 0.6) is 5.75 Å². The van der Waals surface area contributed by atoms with Crippen LogP contribution in [0.4, 0.5) is 32.3 Å². The number of fused-ring (bicyclic) bond motifs is 1. The van der Waals surface area contributed by atoms with Crippen molar-refractivity contribution in [2.45, 2.75) is 38.0 Å². The van der Waals surface area contributed by atoms with E-state index in [1.54, 1.807) is 16.4 Å². The third kappa shape index (κ3) is 4.34. The lowest BCUT2D eigenvalue weighted by atomic mass is 10.0. The number of benzene rings is 2. The van der Waals surface area contributed by atoms with Crippen LogP contribution in [0.3, 0.4) is 0 Å². The van der Waals surface area contributed by atoms with E-state index >= 15 is 0 Å². The highest BCUT2D eigenvalue weighted by Gasteiger charge is 2.32. The van der Waals surface area contributed by atoms with Crippen molar-refractivity contribution in [1.82, 2.24) is 9.55 Å². The van der Waals surface area contributed by atoms with E-state index in [1.165, 1.54) is 24.3 Å². The van der Waals surface area contributed by atoms with Gasteiger partial charge in [0.25, 0.3) is 0 Å². The van der Waals surface area contributed by atoms with E-state index in [2.05, 4.69) is 9.72 Å². The number of alkyl halides is 4. The van der Waals surface area contributed by atoms with Crippen LogP contribution >= 0.6 is 0 Å². The molecule has 5 nitrogen and oxygen atoms in total. The summed E-state index contributed by atoms with van der Waals surface area (Å²) < 4.78 is 84.6. The second kappa shape index (κ2) is 8.19. The molecule has 3 aromatic rings. The molecule has 2 aromatic carbocycles. The van der Waals surface area contributed by atoms with E-state index in [0.717, 1.165) is 12.1 Å². The fourth-order valence-corrected chi connectivity index (χ4v) is 3.91. The van der Waals surface area contributed by atoms with Crippen molar-refractivity contribution in [3.63, 3.8) is 0 Å². The summed E-state index contributed by atoms with van der Waals surface area (Å²) in [5.41, 5.74) is 6.93. The summed E-state index contributed by atoms with van der Waals surface area (Å²) in [7, 11) is 0. The molecular weight excluding hydrogens is 438 g/mol. The van der Waals surface area contributed by atoms with Crippen molar-refractivity contribution < 1.29 is 31.1 Å². The van der Waals surface area contributed by atoms with Crippen molar-refractivity contribution in [1.29, 1.82) is 0 Å². The van der Waals surface area contributed by atoms with E-state index in [9.17, 15) is 26.3 Å². The minimum Gasteiger partial charge on any atom is -0.406 e. The number of piperidine rings is 1. The molecule has 0 unspecified atom stereocenters. The minimum absolute atomic E-state index is 0.153. The normalized spacial score (nSPS) is 20.6. The Morgan fingerprint density at radius 2 is 1.78 bits per heavy atom. The summed E-state index contributed by atoms with van der Waals surface area (Å²) in [6.45, 7) is 2.20. The molecule has 2 heterocycles. The van der Waals surface area contributed by atoms with Crippen LogP contribution in [0.25, 0.3) is 11.0 Å². The fraction of sp³-hybridized carbons (Fsp3) is 0.381. The van der Waals surface area contributed by atoms with Crippen LogP contribution in [-0.4, -0.2) is 41.2 Å². The van der Waals surface area contributed by atoms with E-state index < -0.39 is 36.3 Å². The Morgan fingerprint density at radius 1 is 1.12 bits per heavy atom. The van der Waals surface area contributed by atoms with Gasteiger partial charge in [-0.2, -0.15) is 0 Å². The molecule has 0 bridgehead atoms. The molecule has 2 N–H and O–H groups in total. The highest BCUT2D eigenvalue weighted by atomic mass is 19.4. The van der Waals surface area contributed by atoms with Gasteiger partial charge in [-0.15, -0.1) is 13.2 Å². The predicted octanol–water partition coefficient (Wildman–Crippen LogP) is 4.70. The van der Waals surface area contributed by atoms with Crippen LogP contribution in [-0.2, 0) is 0 Å². The van der Waals surface area contributed by atoms with Crippen LogP contribution in [0.15, 0.2) is 36.4 Å². The van der Waals surface area contributed by atoms with Gasteiger partial charge in [-0.05, 0) is 31.0 Å². The van der Waals surface area contributed by atoms with Gasteiger partial charge in [-0.1, -0.05) is 12.1 Å². The maximum atomic E-state index is 14.0. The first-order valence-electron chi connectivity index (χ1n) is 9.91. The first-order chi connectivity index (χ1) is 15.0. The molecule has 0 spiro atoms. The summed E-state index contributed by atoms with van der Waals surface area (Å²) in [6.07, 6.45) is -5.81. The number of rotatable bonds is 4. The Hall–Kier alpha value is -2.95. The third-order valence-corrected chi connectivity index (χ3v) is 5.55. The molecule has 1 saturated heterocycles. The second-order valence-electron chi connectivity index (χ2n) is 7.74. The van der Waals surface area contributed by atoms with Gasteiger partial charge < -0.3 is 19.9 Å². The van der Waals surface area contributed by atoms with Crippen molar-refractivity contribution >= 4 is 17.0 Å². The lowest BCUT2D eigenvalue weighted by Gasteiger charge is -2.35. The zero-order chi connectivity index (χ0) is 23.2. The number of anilines is 1. The monoisotopic (exact) mass is 458 g/mol. The number of aromatic nitrogens is 2. The van der Waals surface area contributed by atoms with Crippen LogP contribution in [0.2, 0.25) is 0 Å². The molecular formula is C21H20F6N4O. The first-order valence-corrected chi connectivity index (χ1v) is 9.91. The molecule has 32 heavy (non-hydrogen) atoms. The van der Waals surface area contributed by atoms with Gasteiger partial charge in [0.2, 0.25) is 5.95 Å². The molecule has 0 saturated carbocycles. The number of imidazole rings is 1. The summed E-state index contributed by atoms with van der Waals surface area (Å²) in [6, 6.07) is 5.94. The smallest absolute Gasteiger partial charge is 0.406 e. The Balaban J connectivity index is 1.76. The SMILES string of the molecule is C[C@H](c1ccc(OC(F)(F)F)cc1)n1c(N2CC[C@@H](F)[C@H](N)C2)nc2cc(F)c(F)cc21. The highest BCUT2D eigenvalue weighted by Crippen LogP contribution is 2.34. The Kier molecular flexibility index (Phi) is 5.70. The van der Waals surface area contributed by atoms with E-state index in [-0.39, 0.29) is 29.7 Å². The van der Waals surface area contributed by atoms with Crippen molar-refractivity contribution in [2.24, 2.45) is 5.73 Å². The van der Waals surface area contributed by atoms with E-state index in [4.69, 9.17) is 5.73 Å². The van der Waals surface area contributed by atoms with Crippen LogP contribution < -0.4 is 15.4 Å². The molecule has 0 radical (unpaired) electrons. The molecule has 172 valence electrons. The fourth-order valence-electron chi connectivity index (χ4n) is 3.91. The number of hydrogen-bond donors (Lipinski definition) is 1. The first kappa shape index (κ1) is 22.3. The maximum absolute atomic E-state index is 14.0. The number of halogens is 6. The lowest BCUT2D eigenvalue weighted by molar-refractivity contribution is -0.274. The van der Waals surface area contributed by atoms with Crippen LogP contribution in [0, 0.1) is 11.6 Å². The zero-order valence-corrected chi connectivity index (χ0v) is 16.9. The maximum Gasteiger partial charge on any atom is 0.573 e. The number of nitrogens with two attached hydrogens (primary N) is 1. The number of nitrogens with zero attached hydrogens (tertiary/aromatic N) is 3. The summed E-state index contributed by atoms with van der Waals surface area (Å²) in [5, 5.41) is 0. The molecule has 4 rings (SSSR count).